The molecule has 0 spiro atoms. The van der Waals surface area contributed by atoms with E-state index in [1.54, 1.807) is 42.5 Å². The van der Waals surface area contributed by atoms with Gasteiger partial charge in [-0.3, -0.25) is 4.31 Å². The molecule has 2 N–H and O–H groups in total. The topological polar surface area (TPSA) is 62.1 Å². The van der Waals surface area contributed by atoms with Crippen LogP contribution in [-0.2, 0) is 10.0 Å². The van der Waals surface area contributed by atoms with E-state index in [0.717, 1.165) is 38.8 Å². The van der Waals surface area contributed by atoms with Crippen LogP contribution in [0.1, 0.15) is 39.5 Å². The molecule has 0 aliphatic carbocycles. The Hall–Kier alpha value is -1.89. The average Bonchev–Trinajstić information content (AvgIpc) is 2.75. The van der Waals surface area contributed by atoms with Gasteiger partial charge in [0.2, 0.25) is 0 Å². The molecule has 0 amide bonds. The standard InChI is InChI=1S/C23H34N2O3S/c1-3-5-17-24(18-6-4-2)19-22(26)20-25(21-13-9-7-10-14-21)29(27,28)23-15-11-8-12-16-23/h7-16,22,26H,3-6,17-20H2,1-2H3/p+1/t22-/m0/s1. The van der Waals surface area contributed by atoms with E-state index in [1.807, 2.05) is 18.2 Å². The number of rotatable bonds is 13. The Bertz CT molecular complexity index is 789. The second-order valence-electron chi connectivity index (χ2n) is 7.50. The lowest BCUT2D eigenvalue weighted by molar-refractivity contribution is -0.903. The second kappa shape index (κ2) is 12.0. The minimum atomic E-state index is -3.75. The first-order valence-corrected chi connectivity index (χ1v) is 12.1. The van der Waals surface area contributed by atoms with Gasteiger partial charge in [-0.2, -0.15) is 0 Å². The van der Waals surface area contributed by atoms with Crippen molar-refractivity contribution in [2.24, 2.45) is 0 Å². The van der Waals surface area contributed by atoms with Gasteiger partial charge in [0.05, 0.1) is 30.2 Å². The number of unbranched alkanes of at least 4 members (excludes halogenated alkanes) is 2. The number of hydrogen-bond acceptors (Lipinski definition) is 3. The molecule has 0 aromatic heterocycles. The number of quaternary nitrogens is 1. The molecule has 0 unspecified atom stereocenters. The summed E-state index contributed by atoms with van der Waals surface area (Å²) in [7, 11) is -3.75. The lowest BCUT2D eigenvalue weighted by Crippen LogP contribution is -3.13. The highest BCUT2D eigenvalue weighted by Crippen LogP contribution is 2.23. The van der Waals surface area contributed by atoms with Crippen molar-refractivity contribution in [1.82, 2.24) is 0 Å². The van der Waals surface area contributed by atoms with Crippen molar-refractivity contribution in [2.45, 2.75) is 50.5 Å². The molecule has 6 heteroatoms. The molecule has 2 rings (SSSR count). The number of sulfonamides is 1. The summed E-state index contributed by atoms with van der Waals surface area (Å²) in [6.07, 6.45) is 3.71. The Morgan fingerprint density at radius 1 is 0.897 bits per heavy atom. The fourth-order valence-electron chi connectivity index (χ4n) is 3.43. The largest absolute Gasteiger partial charge is 0.385 e. The smallest absolute Gasteiger partial charge is 0.264 e. The van der Waals surface area contributed by atoms with Crippen molar-refractivity contribution in [3.05, 3.63) is 60.7 Å². The summed E-state index contributed by atoms with van der Waals surface area (Å²) in [4.78, 5) is 1.57. The van der Waals surface area contributed by atoms with Crippen molar-refractivity contribution < 1.29 is 18.4 Å². The highest BCUT2D eigenvalue weighted by atomic mass is 32.2. The van der Waals surface area contributed by atoms with Gasteiger partial charge in [0.25, 0.3) is 10.0 Å². The molecule has 0 saturated heterocycles. The van der Waals surface area contributed by atoms with Crippen molar-refractivity contribution in [1.29, 1.82) is 0 Å². The Kier molecular flexibility index (Phi) is 9.64. The van der Waals surface area contributed by atoms with Gasteiger partial charge >= 0.3 is 0 Å². The zero-order chi connectivity index (χ0) is 21.1. The summed E-state index contributed by atoms with van der Waals surface area (Å²) in [6, 6.07) is 17.4. The molecular weight excluding hydrogens is 384 g/mol. The van der Waals surface area contributed by atoms with E-state index in [4.69, 9.17) is 0 Å². The van der Waals surface area contributed by atoms with E-state index in [2.05, 4.69) is 13.8 Å². The van der Waals surface area contributed by atoms with E-state index in [0.29, 0.717) is 12.2 Å². The normalized spacial score (nSPS) is 12.8. The first-order chi connectivity index (χ1) is 14.0. The number of hydrogen-bond donors (Lipinski definition) is 2. The first-order valence-electron chi connectivity index (χ1n) is 10.6. The molecule has 29 heavy (non-hydrogen) atoms. The second-order valence-corrected chi connectivity index (χ2v) is 9.36. The molecular formula is C23H35N2O3S+. The highest BCUT2D eigenvalue weighted by Gasteiger charge is 2.28. The molecule has 0 aliphatic heterocycles. The van der Waals surface area contributed by atoms with Gasteiger partial charge in [0.15, 0.2) is 0 Å². The molecule has 5 nitrogen and oxygen atoms in total. The molecule has 160 valence electrons. The number of benzene rings is 2. The predicted octanol–water partition coefficient (Wildman–Crippen LogP) is 2.73. The van der Waals surface area contributed by atoms with Crippen LogP contribution in [0.4, 0.5) is 5.69 Å². The lowest BCUT2D eigenvalue weighted by atomic mass is 10.2. The molecule has 0 bridgehead atoms. The molecule has 0 saturated carbocycles. The van der Waals surface area contributed by atoms with E-state index >= 15 is 0 Å². The van der Waals surface area contributed by atoms with E-state index < -0.39 is 16.1 Å². The minimum Gasteiger partial charge on any atom is -0.385 e. The average molecular weight is 420 g/mol. The van der Waals surface area contributed by atoms with Gasteiger partial charge in [-0.1, -0.05) is 63.1 Å². The van der Waals surface area contributed by atoms with Crippen LogP contribution in [0.5, 0.6) is 0 Å². The maximum absolute atomic E-state index is 13.3. The summed E-state index contributed by atoms with van der Waals surface area (Å²) in [5.41, 5.74) is 0.569. The van der Waals surface area contributed by atoms with Gasteiger partial charge < -0.3 is 10.0 Å². The van der Waals surface area contributed by atoms with Gasteiger partial charge in [-0.05, 0) is 37.1 Å². The van der Waals surface area contributed by atoms with Crippen LogP contribution in [0.2, 0.25) is 0 Å². The fourth-order valence-corrected chi connectivity index (χ4v) is 4.95. The molecule has 0 aliphatic rings. The number of nitrogens with zero attached hydrogens (tertiary/aromatic N) is 1. The van der Waals surface area contributed by atoms with Gasteiger partial charge in [-0.25, -0.2) is 8.42 Å². The van der Waals surface area contributed by atoms with Gasteiger partial charge in [-0.15, -0.1) is 0 Å². The molecule has 0 radical (unpaired) electrons. The Morgan fingerprint density at radius 2 is 1.41 bits per heavy atom. The van der Waals surface area contributed by atoms with Crippen LogP contribution in [0.3, 0.4) is 0 Å². The van der Waals surface area contributed by atoms with Crippen molar-refractivity contribution >= 4 is 15.7 Å². The van der Waals surface area contributed by atoms with Crippen LogP contribution in [0.15, 0.2) is 65.6 Å². The zero-order valence-electron chi connectivity index (χ0n) is 17.6. The van der Waals surface area contributed by atoms with Crippen LogP contribution in [-0.4, -0.2) is 45.8 Å². The highest BCUT2D eigenvalue weighted by molar-refractivity contribution is 7.92. The predicted molar refractivity (Wildman–Crippen MR) is 119 cm³/mol. The first kappa shape index (κ1) is 23.4. The molecule has 2 aromatic rings. The monoisotopic (exact) mass is 419 g/mol. The van der Waals surface area contributed by atoms with E-state index in [1.165, 1.54) is 9.21 Å². The molecule has 0 heterocycles. The van der Waals surface area contributed by atoms with Gasteiger partial charge in [0.1, 0.15) is 12.6 Å². The van der Waals surface area contributed by atoms with Crippen LogP contribution in [0.25, 0.3) is 0 Å². The number of nitrogens with one attached hydrogen (secondary N) is 1. The number of anilines is 1. The number of aliphatic hydroxyl groups is 1. The SMILES string of the molecule is CCCC[NH+](CCCC)C[C@H](O)CN(c1ccccc1)S(=O)(=O)c1ccccc1. The summed E-state index contributed by atoms with van der Waals surface area (Å²) in [6.45, 7) is 6.93. The maximum Gasteiger partial charge on any atom is 0.264 e. The summed E-state index contributed by atoms with van der Waals surface area (Å²) < 4.78 is 27.9. The summed E-state index contributed by atoms with van der Waals surface area (Å²) in [5.74, 6) is 0. The van der Waals surface area contributed by atoms with E-state index in [9.17, 15) is 13.5 Å². The Labute approximate surface area is 176 Å². The summed E-state index contributed by atoms with van der Waals surface area (Å²) >= 11 is 0. The van der Waals surface area contributed by atoms with Crippen LogP contribution in [0, 0.1) is 0 Å². The summed E-state index contributed by atoms with van der Waals surface area (Å²) in [5, 5.41) is 10.8. The third-order valence-electron chi connectivity index (χ3n) is 5.04. The Balaban J connectivity index is 2.21. The lowest BCUT2D eigenvalue weighted by Gasteiger charge is -2.28. The molecule has 1 atom stereocenters. The van der Waals surface area contributed by atoms with E-state index in [-0.39, 0.29) is 11.4 Å². The molecule has 2 aromatic carbocycles. The number of para-hydroxylation sites is 1. The maximum atomic E-state index is 13.3. The van der Waals surface area contributed by atoms with Crippen molar-refractivity contribution in [3.8, 4) is 0 Å². The van der Waals surface area contributed by atoms with Crippen LogP contribution >= 0.6 is 0 Å². The zero-order valence-corrected chi connectivity index (χ0v) is 18.4. The van der Waals surface area contributed by atoms with Crippen molar-refractivity contribution in [2.75, 3.05) is 30.5 Å². The fraction of sp³-hybridized carbons (Fsp3) is 0.478. The quantitative estimate of drug-likeness (QED) is 0.525. The minimum absolute atomic E-state index is 0.0446. The third-order valence-corrected chi connectivity index (χ3v) is 6.85. The Morgan fingerprint density at radius 3 is 1.93 bits per heavy atom. The molecule has 0 fully saturated rings. The van der Waals surface area contributed by atoms with Gasteiger partial charge in [0, 0.05) is 0 Å². The third kappa shape index (κ3) is 7.14. The van der Waals surface area contributed by atoms with Crippen LogP contribution < -0.4 is 9.21 Å². The number of aliphatic hydroxyl groups excluding tert-OH is 1. The van der Waals surface area contributed by atoms with Crippen molar-refractivity contribution in [3.63, 3.8) is 0 Å².